The second kappa shape index (κ2) is 6.41. The highest BCUT2D eigenvalue weighted by Crippen LogP contribution is 2.42. The standard InChI is InChI=1S/C12H12Cl3NO5S/c13-6-5-8(11(17)10(15)9(6)14)22(20,21)16-4-2-1-3-7(16)12(18)19/h5,7,17H,1-4H2,(H,18,19)/t7-/m1/s1. The van der Waals surface area contributed by atoms with Crippen molar-refractivity contribution in [1.82, 2.24) is 4.31 Å². The first kappa shape index (κ1) is 17.6. The van der Waals surface area contributed by atoms with E-state index in [4.69, 9.17) is 34.8 Å². The van der Waals surface area contributed by atoms with E-state index in [0.29, 0.717) is 12.8 Å². The van der Waals surface area contributed by atoms with Gasteiger partial charge in [-0.3, -0.25) is 4.79 Å². The average Bonchev–Trinajstić information content (AvgIpc) is 2.48. The smallest absolute Gasteiger partial charge is 0.322 e. The molecule has 0 amide bonds. The molecule has 1 fully saturated rings. The van der Waals surface area contributed by atoms with Crippen LogP contribution in [0.5, 0.6) is 5.75 Å². The fourth-order valence-corrected chi connectivity index (χ4v) is 4.81. The molecule has 6 nitrogen and oxygen atoms in total. The normalized spacial score (nSPS) is 20.0. The van der Waals surface area contributed by atoms with Gasteiger partial charge in [0.1, 0.15) is 16.0 Å². The molecule has 0 aliphatic carbocycles. The summed E-state index contributed by atoms with van der Waals surface area (Å²) in [4.78, 5) is 10.7. The van der Waals surface area contributed by atoms with Crippen LogP contribution in [0.25, 0.3) is 0 Å². The molecule has 1 aliphatic heterocycles. The molecule has 1 atom stereocenters. The molecule has 10 heteroatoms. The monoisotopic (exact) mass is 387 g/mol. The Balaban J connectivity index is 2.57. The zero-order chi connectivity index (χ0) is 16.7. The van der Waals surface area contributed by atoms with Crippen molar-refractivity contribution in [3.63, 3.8) is 0 Å². The highest BCUT2D eigenvalue weighted by Gasteiger charge is 2.39. The summed E-state index contributed by atoms with van der Waals surface area (Å²) in [6.07, 6.45) is 1.33. The van der Waals surface area contributed by atoms with Crippen LogP contribution in [0.15, 0.2) is 11.0 Å². The summed E-state index contributed by atoms with van der Waals surface area (Å²) in [5.41, 5.74) is 0. The maximum Gasteiger partial charge on any atom is 0.322 e. The number of halogens is 3. The van der Waals surface area contributed by atoms with Gasteiger partial charge in [-0.15, -0.1) is 0 Å². The second-order valence-electron chi connectivity index (χ2n) is 4.80. The Labute approximate surface area is 142 Å². The van der Waals surface area contributed by atoms with Gasteiger partial charge < -0.3 is 10.2 Å². The van der Waals surface area contributed by atoms with E-state index in [1.165, 1.54) is 0 Å². The molecule has 0 spiro atoms. The number of hydrogen-bond acceptors (Lipinski definition) is 4. The van der Waals surface area contributed by atoms with E-state index in [1.807, 2.05) is 0 Å². The van der Waals surface area contributed by atoms with Crippen molar-refractivity contribution in [3.8, 4) is 5.75 Å². The van der Waals surface area contributed by atoms with Crippen LogP contribution in [-0.4, -0.2) is 41.5 Å². The van der Waals surface area contributed by atoms with E-state index in [-0.39, 0.29) is 23.0 Å². The maximum atomic E-state index is 12.7. The van der Waals surface area contributed by atoms with E-state index in [0.717, 1.165) is 10.4 Å². The Morgan fingerprint density at radius 3 is 2.45 bits per heavy atom. The van der Waals surface area contributed by atoms with E-state index in [1.54, 1.807) is 0 Å². The largest absolute Gasteiger partial charge is 0.505 e. The maximum absolute atomic E-state index is 12.7. The van der Waals surface area contributed by atoms with Crippen molar-refractivity contribution < 1.29 is 23.4 Å². The van der Waals surface area contributed by atoms with Crippen molar-refractivity contribution in [3.05, 3.63) is 21.1 Å². The first-order valence-electron chi connectivity index (χ1n) is 6.29. The van der Waals surface area contributed by atoms with Crippen molar-refractivity contribution >= 4 is 50.8 Å². The van der Waals surface area contributed by atoms with Gasteiger partial charge in [-0.2, -0.15) is 4.31 Å². The van der Waals surface area contributed by atoms with Crippen LogP contribution in [0.4, 0.5) is 0 Å². The van der Waals surface area contributed by atoms with Gasteiger partial charge in [-0.1, -0.05) is 34.8 Å². The number of carboxylic acids is 1. The van der Waals surface area contributed by atoms with Crippen LogP contribution < -0.4 is 0 Å². The molecular weight excluding hydrogens is 377 g/mol. The number of aliphatic carboxylic acids is 1. The zero-order valence-corrected chi connectivity index (χ0v) is 14.2. The molecule has 122 valence electrons. The fraction of sp³-hybridized carbons (Fsp3) is 0.417. The number of benzene rings is 1. The molecule has 1 aromatic rings. The Hall–Kier alpha value is -0.730. The topological polar surface area (TPSA) is 94.9 Å². The number of nitrogens with zero attached hydrogens (tertiary/aromatic N) is 1. The minimum absolute atomic E-state index is 0.0383. The Kier molecular flexibility index (Phi) is 5.13. The number of rotatable bonds is 3. The molecule has 22 heavy (non-hydrogen) atoms. The van der Waals surface area contributed by atoms with Crippen LogP contribution in [0, 0.1) is 0 Å². The van der Waals surface area contributed by atoms with Crippen molar-refractivity contribution in [1.29, 1.82) is 0 Å². The minimum atomic E-state index is -4.27. The Morgan fingerprint density at radius 2 is 1.86 bits per heavy atom. The number of carboxylic acid groups (broad SMARTS) is 1. The zero-order valence-electron chi connectivity index (χ0n) is 11.1. The van der Waals surface area contributed by atoms with Crippen LogP contribution in [0.3, 0.4) is 0 Å². The summed E-state index contributed by atoms with van der Waals surface area (Å²) in [6.45, 7) is 0.0383. The minimum Gasteiger partial charge on any atom is -0.505 e. The number of sulfonamides is 1. The lowest BCUT2D eigenvalue weighted by Crippen LogP contribution is -2.47. The lowest BCUT2D eigenvalue weighted by Gasteiger charge is -2.32. The van der Waals surface area contributed by atoms with Gasteiger partial charge in [0.2, 0.25) is 10.0 Å². The van der Waals surface area contributed by atoms with Crippen molar-refractivity contribution in [2.24, 2.45) is 0 Å². The quantitative estimate of drug-likeness (QED) is 0.776. The van der Waals surface area contributed by atoms with Crippen LogP contribution in [0.1, 0.15) is 19.3 Å². The SMILES string of the molecule is O=C(O)[C@H]1CCCCN1S(=O)(=O)c1cc(Cl)c(Cl)c(Cl)c1O. The van der Waals surface area contributed by atoms with Crippen molar-refractivity contribution in [2.75, 3.05) is 6.54 Å². The first-order chi connectivity index (χ1) is 10.2. The van der Waals surface area contributed by atoms with Crippen molar-refractivity contribution in [2.45, 2.75) is 30.2 Å². The third-order valence-corrected chi connectivity index (χ3v) is 6.60. The molecule has 1 aromatic carbocycles. The van der Waals surface area contributed by atoms with Gasteiger partial charge in [0, 0.05) is 6.54 Å². The summed E-state index contributed by atoms with van der Waals surface area (Å²) in [7, 11) is -4.27. The second-order valence-corrected chi connectivity index (χ2v) is 7.82. The summed E-state index contributed by atoms with van der Waals surface area (Å²) in [6, 6.07) is -0.222. The van der Waals surface area contributed by atoms with Gasteiger partial charge in [0.15, 0.2) is 5.75 Å². The highest BCUT2D eigenvalue weighted by molar-refractivity contribution is 7.89. The fourth-order valence-electron chi connectivity index (χ4n) is 2.33. The van der Waals surface area contributed by atoms with Gasteiger partial charge in [-0.25, -0.2) is 8.42 Å². The third-order valence-electron chi connectivity index (χ3n) is 3.43. The summed E-state index contributed by atoms with van der Waals surface area (Å²) in [5, 5.41) is 18.5. The summed E-state index contributed by atoms with van der Waals surface area (Å²) >= 11 is 17.3. The molecule has 0 saturated carbocycles. The summed E-state index contributed by atoms with van der Waals surface area (Å²) in [5.74, 6) is -1.99. The number of aromatic hydroxyl groups is 1. The summed E-state index contributed by atoms with van der Waals surface area (Å²) < 4.78 is 26.2. The van der Waals surface area contributed by atoms with Crippen LogP contribution >= 0.6 is 34.8 Å². The van der Waals surface area contributed by atoms with Gasteiger partial charge in [0.05, 0.1) is 10.0 Å². The lowest BCUT2D eigenvalue weighted by atomic mass is 10.1. The lowest BCUT2D eigenvalue weighted by molar-refractivity contribution is -0.142. The molecule has 0 unspecified atom stereocenters. The number of phenolic OH excluding ortho intramolecular Hbond substituents is 1. The number of hydrogen-bond donors (Lipinski definition) is 2. The molecular formula is C12H12Cl3NO5S. The number of phenols is 1. The van der Waals surface area contributed by atoms with Gasteiger partial charge in [0.25, 0.3) is 0 Å². The van der Waals surface area contributed by atoms with Crippen LogP contribution in [0.2, 0.25) is 15.1 Å². The third kappa shape index (κ3) is 3.00. The number of carbonyl (C=O) groups is 1. The molecule has 0 bridgehead atoms. The average molecular weight is 389 g/mol. The molecule has 1 aliphatic rings. The van der Waals surface area contributed by atoms with Crippen LogP contribution in [-0.2, 0) is 14.8 Å². The molecule has 2 rings (SSSR count). The highest BCUT2D eigenvalue weighted by atomic mass is 35.5. The van der Waals surface area contributed by atoms with Gasteiger partial charge in [-0.05, 0) is 25.3 Å². The van der Waals surface area contributed by atoms with E-state index >= 15 is 0 Å². The predicted octanol–water partition coefficient (Wildman–Crippen LogP) is 2.98. The molecule has 0 aromatic heterocycles. The molecule has 2 N–H and O–H groups in total. The van der Waals surface area contributed by atoms with E-state index in [2.05, 4.69) is 0 Å². The Morgan fingerprint density at radius 1 is 1.23 bits per heavy atom. The van der Waals surface area contributed by atoms with E-state index < -0.39 is 37.7 Å². The molecule has 1 heterocycles. The Bertz CT molecular complexity index is 722. The first-order valence-corrected chi connectivity index (χ1v) is 8.86. The van der Waals surface area contributed by atoms with Gasteiger partial charge >= 0.3 is 5.97 Å². The van der Waals surface area contributed by atoms with E-state index in [9.17, 15) is 23.4 Å². The predicted molar refractivity (Wildman–Crippen MR) is 82.3 cm³/mol. The number of piperidine rings is 1. The molecule has 0 radical (unpaired) electrons. The molecule has 1 saturated heterocycles.